The van der Waals surface area contributed by atoms with Crippen LogP contribution in [0.1, 0.15) is 12.6 Å². The summed E-state index contributed by atoms with van der Waals surface area (Å²) in [5, 5.41) is 4.88. The van der Waals surface area contributed by atoms with Gasteiger partial charge in [0.15, 0.2) is 0 Å². The van der Waals surface area contributed by atoms with E-state index in [-0.39, 0.29) is 0 Å². The third-order valence-corrected chi connectivity index (χ3v) is 3.08. The van der Waals surface area contributed by atoms with Crippen molar-refractivity contribution in [2.24, 2.45) is 0 Å². The summed E-state index contributed by atoms with van der Waals surface area (Å²) in [4.78, 5) is 0. The topological polar surface area (TPSA) is 36.3 Å². The van der Waals surface area contributed by atoms with E-state index in [9.17, 15) is 0 Å². The van der Waals surface area contributed by atoms with Crippen molar-refractivity contribution in [1.29, 1.82) is 0 Å². The molecule has 0 unspecified atom stereocenters. The van der Waals surface area contributed by atoms with Gasteiger partial charge in [-0.15, -0.1) is 0 Å². The normalized spacial score (nSPS) is 11.8. The van der Waals surface area contributed by atoms with Crippen LogP contribution in [0.3, 0.4) is 0 Å². The minimum Gasteiger partial charge on any atom is -0.348 e. The molecule has 0 bridgehead atoms. The van der Waals surface area contributed by atoms with E-state index in [2.05, 4.69) is 11.2 Å². The number of rotatable bonds is 4. The molecule has 2 rings (SSSR count). The van der Waals surface area contributed by atoms with Gasteiger partial charge in [-0.3, -0.25) is 0 Å². The zero-order chi connectivity index (χ0) is 13.2. The van der Waals surface area contributed by atoms with Crippen LogP contribution in [0.5, 0.6) is 0 Å². The molecule has 1 heterocycles. The van der Waals surface area contributed by atoms with Crippen LogP contribution in [-0.2, 0) is 15.3 Å². The Morgan fingerprint density at radius 1 is 1.33 bits per heavy atom. The van der Waals surface area contributed by atoms with Crippen molar-refractivity contribution in [3.63, 3.8) is 0 Å². The predicted molar refractivity (Wildman–Crippen MR) is 68.8 cm³/mol. The zero-order valence-electron chi connectivity index (χ0n) is 10.5. The highest BCUT2D eigenvalue weighted by Crippen LogP contribution is 2.27. The Hall–Kier alpha value is -1.36. The van der Waals surface area contributed by atoms with Gasteiger partial charge in [0, 0.05) is 25.3 Å². The highest BCUT2D eigenvalue weighted by molar-refractivity contribution is 6.30. The molecule has 0 aliphatic carbocycles. The first-order valence-electron chi connectivity index (χ1n) is 5.43. The van der Waals surface area contributed by atoms with E-state index in [4.69, 9.17) is 21.1 Å². The first-order valence-corrected chi connectivity index (χ1v) is 5.81. The van der Waals surface area contributed by atoms with Gasteiger partial charge in [0.1, 0.15) is 5.69 Å². The van der Waals surface area contributed by atoms with E-state index in [1.807, 2.05) is 31.2 Å². The van der Waals surface area contributed by atoms with E-state index < -0.39 is 5.79 Å². The van der Waals surface area contributed by atoms with Gasteiger partial charge in [0.05, 0.1) is 11.9 Å². The molecule has 0 amide bonds. The van der Waals surface area contributed by atoms with E-state index in [0.717, 1.165) is 5.69 Å². The molecule has 1 aromatic carbocycles. The molecule has 2 aromatic rings. The Labute approximate surface area is 111 Å². The van der Waals surface area contributed by atoms with E-state index in [1.54, 1.807) is 25.1 Å². The third-order valence-electron chi connectivity index (χ3n) is 2.85. The third kappa shape index (κ3) is 2.27. The number of ether oxygens (including phenoxy) is 2. The van der Waals surface area contributed by atoms with Crippen LogP contribution in [0.4, 0.5) is 0 Å². The van der Waals surface area contributed by atoms with Crippen LogP contribution in [0.25, 0.3) is 5.69 Å². The first kappa shape index (κ1) is 13.1. The van der Waals surface area contributed by atoms with Gasteiger partial charge in [-0.25, -0.2) is 4.68 Å². The molecule has 0 saturated carbocycles. The van der Waals surface area contributed by atoms with Gasteiger partial charge in [-0.2, -0.15) is 5.10 Å². The standard InChI is InChI=1S/C13H14ClN2O2/c1-13(17-2,18-3)12-7-8-15-16(12)11-6-4-5-10(14)9-11/h4-6,8-9H,1-3H3. The lowest BCUT2D eigenvalue weighted by Crippen LogP contribution is -2.29. The van der Waals surface area contributed by atoms with E-state index in [1.165, 1.54) is 0 Å². The van der Waals surface area contributed by atoms with Gasteiger partial charge in [0.25, 0.3) is 0 Å². The monoisotopic (exact) mass is 265 g/mol. The van der Waals surface area contributed by atoms with Crippen molar-refractivity contribution in [3.05, 3.63) is 47.2 Å². The summed E-state index contributed by atoms with van der Waals surface area (Å²) >= 11 is 5.98. The Bertz CT molecular complexity index is 535. The molecular weight excluding hydrogens is 252 g/mol. The zero-order valence-corrected chi connectivity index (χ0v) is 11.2. The fraction of sp³-hybridized carbons (Fsp3) is 0.308. The number of hydrogen-bond donors (Lipinski definition) is 0. The quantitative estimate of drug-likeness (QED) is 0.798. The lowest BCUT2D eigenvalue weighted by Gasteiger charge is -2.26. The van der Waals surface area contributed by atoms with Crippen LogP contribution in [0.15, 0.2) is 30.5 Å². The highest BCUT2D eigenvalue weighted by atomic mass is 35.5. The number of nitrogens with zero attached hydrogens (tertiary/aromatic N) is 2. The summed E-state index contributed by atoms with van der Waals surface area (Å²) in [5.41, 5.74) is 1.51. The van der Waals surface area contributed by atoms with Crippen molar-refractivity contribution < 1.29 is 9.47 Å². The Balaban J connectivity index is 2.51. The van der Waals surface area contributed by atoms with Crippen molar-refractivity contribution >= 4 is 11.6 Å². The minimum absolute atomic E-state index is 0.644. The summed E-state index contributed by atoms with van der Waals surface area (Å²) in [5.74, 6) is -0.904. The van der Waals surface area contributed by atoms with Gasteiger partial charge in [-0.1, -0.05) is 17.7 Å². The minimum atomic E-state index is -0.904. The van der Waals surface area contributed by atoms with Crippen molar-refractivity contribution in [2.75, 3.05) is 14.2 Å². The number of halogens is 1. The lowest BCUT2D eigenvalue weighted by molar-refractivity contribution is -0.205. The molecular formula is C13H14ClN2O2. The Kier molecular flexibility index (Phi) is 3.71. The molecule has 18 heavy (non-hydrogen) atoms. The maximum absolute atomic E-state index is 5.98. The summed E-state index contributed by atoms with van der Waals surface area (Å²) in [6, 6.07) is 10.4. The van der Waals surface area contributed by atoms with E-state index >= 15 is 0 Å². The van der Waals surface area contributed by atoms with Crippen LogP contribution < -0.4 is 0 Å². The number of hydrogen-bond acceptors (Lipinski definition) is 3. The van der Waals surface area contributed by atoms with Crippen molar-refractivity contribution in [1.82, 2.24) is 9.78 Å². The highest BCUT2D eigenvalue weighted by Gasteiger charge is 2.30. The molecule has 5 heteroatoms. The second-order valence-electron chi connectivity index (χ2n) is 3.88. The number of benzene rings is 1. The van der Waals surface area contributed by atoms with Crippen LogP contribution in [-0.4, -0.2) is 24.0 Å². The molecule has 4 nitrogen and oxygen atoms in total. The summed E-state index contributed by atoms with van der Waals surface area (Å²) in [7, 11) is 3.15. The van der Waals surface area contributed by atoms with Crippen molar-refractivity contribution in [2.45, 2.75) is 12.7 Å². The average molecular weight is 266 g/mol. The molecule has 1 aromatic heterocycles. The van der Waals surface area contributed by atoms with Crippen LogP contribution in [0.2, 0.25) is 5.02 Å². The van der Waals surface area contributed by atoms with Gasteiger partial charge < -0.3 is 9.47 Å². The van der Waals surface area contributed by atoms with Gasteiger partial charge >= 0.3 is 0 Å². The maximum atomic E-state index is 5.98. The Morgan fingerprint density at radius 2 is 2.06 bits per heavy atom. The molecule has 0 spiro atoms. The van der Waals surface area contributed by atoms with Gasteiger partial charge in [0.2, 0.25) is 5.79 Å². The first-order chi connectivity index (χ1) is 8.60. The molecule has 95 valence electrons. The second-order valence-corrected chi connectivity index (χ2v) is 4.32. The molecule has 0 N–H and O–H groups in total. The number of methoxy groups -OCH3 is 2. The summed E-state index contributed by atoms with van der Waals surface area (Å²) in [6.07, 6.45) is 1.58. The van der Waals surface area contributed by atoms with E-state index in [0.29, 0.717) is 10.7 Å². The number of aromatic nitrogens is 2. The summed E-state index contributed by atoms with van der Waals surface area (Å²) in [6.45, 7) is 1.81. The second kappa shape index (κ2) is 5.10. The molecule has 0 aliphatic heterocycles. The Morgan fingerprint density at radius 3 is 2.67 bits per heavy atom. The smallest absolute Gasteiger partial charge is 0.209 e. The van der Waals surface area contributed by atoms with Gasteiger partial charge in [-0.05, 0) is 25.1 Å². The lowest BCUT2D eigenvalue weighted by atomic mass is 10.2. The van der Waals surface area contributed by atoms with Crippen LogP contribution in [0, 0.1) is 6.07 Å². The predicted octanol–water partition coefficient (Wildman–Crippen LogP) is 2.79. The molecule has 0 fully saturated rings. The fourth-order valence-corrected chi connectivity index (χ4v) is 1.85. The summed E-state index contributed by atoms with van der Waals surface area (Å²) < 4.78 is 12.4. The van der Waals surface area contributed by atoms with Crippen LogP contribution >= 0.6 is 11.6 Å². The van der Waals surface area contributed by atoms with Crippen molar-refractivity contribution in [3.8, 4) is 5.69 Å². The fourth-order valence-electron chi connectivity index (χ4n) is 1.67. The molecule has 0 saturated heterocycles. The average Bonchev–Trinajstić information content (AvgIpc) is 2.87. The molecule has 0 atom stereocenters. The molecule has 1 radical (unpaired) electrons. The molecule has 0 aliphatic rings. The maximum Gasteiger partial charge on any atom is 0.209 e. The SMILES string of the molecule is COC(C)(OC)c1[c]cnn1-c1cccc(Cl)c1. The largest absolute Gasteiger partial charge is 0.348 e.